The van der Waals surface area contributed by atoms with E-state index >= 15 is 0 Å². The van der Waals surface area contributed by atoms with E-state index in [1.165, 1.54) is 57.8 Å². The van der Waals surface area contributed by atoms with Crippen LogP contribution in [0.1, 0.15) is 71.6 Å². The van der Waals surface area contributed by atoms with E-state index in [1.807, 2.05) is 0 Å². The Morgan fingerprint density at radius 2 is 1.69 bits per heavy atom. The molecule has 0 radical (unpaired) electrons. The molecular weight excluding hydrogens is 194 g/mol. The van der Waals surface area contributed by atoms with Gasteiger partial charge in [-0.25, -0.2) is 0 Å². The minimum Gasteiger partial charge on any atom is -0.314 e. The van der Waals surface area contributed by atoms with E-state index in [0.717, 1.165) is 23.9 Å². The van der Waals surface area contributed by atoms with E-state index in [4.69, 9.17) is 0 Å². The van der Waals surface area contributed by atoms with Gasteiger partial charge in [0.05, 0.1) is 0 Å². The van der Waals surface area contributed by atoms with Gasteiger partial charge >= 0.3 is 0 Å². The maximum absolute atomic E-state index is 3.68. The predicted molar refractivity (Wildman–Crippen MR) is 70.6 cm³/mol. The van der Waals surface area contributed by atoms with Gasteiger partial charge < -0.3 is 5.32 Å². The molecule has 1 N–H and O–H groups in total. The van der Waals surface area contributed by atoms with Gasteiger partial charge in [-0.05, 0) is 62.8 Å². The summed E-state index contributed by atoms with van der Waals surface area (Å²) in [5.74, 6) is 0.969. The van der Waals surface area contributed by atoms with Crippen LogP contribution >= 0.6 is 0 Å². The average molecular weight is 223 g/mol. The fraction of sp³-hybridized carbons (Fsp3) is 1.00. The minimum atomic E-state index is 0.795. The molecular formula is C15H29N. The summed E-state index contributed by atoms with van der Waals surface area (Å²) in [4.78, 5) is 0. The summed E-state index contributed by atoms with van der Waals surface area (Å²) in [7, 11) is 0. The van der Waals surface area contributed by atoms with Crippen molar-refractivity contribution in [2.45, 2.75) is 77.7 Å². The highest BCUT2D eigenvalue weighted by atomic mass is 14.9. The van der Waals surface area contributed by atoms with Gasteiger partial charge in [0.1, 0.15) is 0 Å². The predicted octanol–water partition coefficient (Wildman–Crippen LogP) is 4.13. The fourth-order valence-electron chi connectivity index (χ4n) is 4.19. The largest absolute Gasteiger partial charge is 0.314 e. The zero-order valence-electron chi connectivity index (χ0n) is 11.2. The second-order valence-corrected chi connectivity index (χ2v) is 6.12. The molecule has 2 aliphatic rings. The Kier molecular flexibility index (Phi) is 4.29. The Balaban J connectivity index is 1.83. The van der Waals surface area contributed by atoms with E-state index in [0.29, 0.717) is 0 Å². The minimum absolute atomic E-state index is 0.795. The molecule has 0 aliphatic heterocycles. The van der Waals surface area contributed by atoms with Crippen LogP contribution in [-0.2, 0) is 0 Å². The first kappa shape index (κ1) is 12.4. The van der Waals surface area contributed by atoms with Gasteiger partial charge in [0, 0.05) is 6.04 Å². The van der Waals surface area contributed by atoms with Gasteiger partial charge in [0.2, 0.25) is 0 Å². The summed E-state index contributed by atoms with van der Waals surface area (Å²) in [5.41, 5.74) is 0.807. The van der Waals surface area contributed by atoms with Gasteiger partial charge in [-0.3, -0.25) is 0 Å². The van der Waals surface area contributed by atoms with E-state index in [-0.39, 0.29) is 0 Å². The third-order valence-electron chi connectivity index (χ3n) is 5.23. The lowest BCUT2D eigenvalue weighted by molar-refractivity contribution is 0.132. The van der Waals surface area contributed by atoms with E-state index in [2.05, 4.69) is 19.2 Å². The van der Waals surface area contributed by atoms with Gasteiger partial charge in [0.15, 0.2) is 0 Å². The molecule has 2 aliphatic carbocycles. The van der Waals surface area contributed by atoms with Gasteiger partial charge in [-0.2, -0.15) is 0 Å². The molecule has 16 heavy (non-hydrogen) atoms. The molecule has 2 rings (SSSR count). The first-order valence-electron chi connectivity index (χ1n) is 7.53. The van der Waals surface area contributed by atoms with Crippen LogP contribution in [0.15, 0.2) is 0 Å². The topological polar surface area (TPSA) is 12.0 Å². The van der Waals surface area contributed by atoms with Crippen molar-refractivity contribution in [1.82, 2.24) is 5.32 Å². The summed E-state index contributed by atoms with van der Waals surface area (Å²) < 4.78 is 0. The van der Waals surface area contributed by atoms with Crippen LogP contribution in [0, 0.1) is 11.3 Å². The molecule has 0 bridgehead atoms. The molecule has 0 aromatic carbocycles. The Morgan fingerprint density at radius 3 is 2.19 bits per heavy atom. The van der Waals surface area contributed by atoms with E-state index < -0.39 is 0 Å². The molecule has 0 amide bonds. The highest BCUT2D eigenvalue weighted by Crippen LogP contribution is 2.50. The maximum atomic E-state index is 3.68. The number of hydrogen-bond donors (Lipinski definition) is 1. The molecule has 1 unspecified atom stereocenters. The highest BCUT2D eigenvalue weighted by molar-refractivity contribution is 4.91. The monoisotopic (exact) mass is 223 g/mol. The average Bonchev–Trinajstić information content (AvgIpc) is 2.76. The first-order chi connectivity index (χ1) is 7.79. The Hall–Kier alpha value is -0.0400. The van der Waals surface area contributed by atoms with Gasteiger partial charge in [-0.1, -0.05) is 26.7 Å². The molecule has 94 valence electrons. The molecule has 1 atom stereocenters. The maximum Gasteiger partial charge on any atom is 0.00925 e. The van der Waals surface area contributed by atoms with E-state index in [1.54, 1.807) is 0 Å². The van der Waals surface area contributed by atoms with Crippen molar-refractivity contribution in [2.75, 3.05) is 6.54 Å². The standard InChI is InChI=1S/C15H29N/c1-3-14(16-4-2)13-7-11-15(12-8-13)9-5-6-10-15/h13-14,16H,3-12H2,1-2H3. The van der Waals surface area contributed by atoms with Crippen molar-refractivity contribution in [3.8, 4) is 0 Å². The molecule has 0 saturated heterocycles. The summed E-state index contributed by atoms with van der Waals surface area (Å²) >= 11 is 0. The second kappa shape index (κ2) is 5.53. The zero-order chi connectivity index (χ0) is 11.4. The first-order valence-corrected chi connectivity index (χ1v) is 7.53. The van der Waals surface area contributed by atoms with Crippen LogP contribution in [-0.4, -0.2) is 12.6 Å². The summed E-state index contributed by atoms with van der Waals surface area (Å²) in [6.07, 6.45) is 13.4. The lowest BCUT2D eigenvalue weighted by Gasteiger charge is -2.40. The van der Waals surface area contributed by atoms with E-state index in [9.17, 15) is 0 Å². The van der Waals surface area contributed by atoms with Crippen molar-refractivity contribution in [2.24, 2.45) is 11.3 Å². The summed E-state index contributed by atoms with van der Waals surface area (Å²) in [6.45, 7) is 5.72. The van der Waals surface area contributed by atoms with Gasteiger partial charge in [0.25, 0.3) is 0 Å². The molecule has 0 aromatic heterocycles. The van der Waals surface area contributed by atoms with Crippen molar-refractivity contribution in [3.05, 3.63) is 0 Å². The lowest BCUT2D eigenvalue weighted by Crippen LogP contribution is -2.39. The van der Waals surface area contributed by atoms with Crippen LogP contribution in [0.2, 0.25) is 0 Å². The molecule has 0 heterocycles. The van der Waals surface area contributed by atoms with Crippen LogP contribution in [0.25, 0.3) is 0 Å². The molecule has 1 spiro atoms. The number of nitrogens with one attached hydrogen (secondary N) is 1. The Labute approximate surface area is 101 Å². The third kappa shape index (κ3) is 2.61. The molecule has 1 heteroatoms. The quantitative estimate of drug-likeness (QED) is 0.756. The normalized spacial score (nSPS) is 27.4. The number of hydrogen-bond acceptors (Lipinski definition) is 1. The molecule has 1 nitrogen and oxygen atoms in total. The highest BCUT2D eigenvalue weighted by Gasteiger charge is 2.38. The fourth-order valence-corrected chi connectivity index (χ4v) is 4.19. The summed E-state index contributed by atoms with van der Waals surface area (Å²) in [5, 5.41) is 3.68. The van der Waals surface area contributed by atoms with Crippen LogP contribution < -0.4 is 5.32 Å². The van der Waals surface area contributed by atoms with Crippen molar-refractivity contribution in [3.63, 3.8) is 0 Å². The third-order valence-corrected chi connectivity index (χ3v) is 5.23. The SMILES string of the molecule is CCNC(CC)C1CCC2(CCCC2)CC1. The number of rotatable bonds is 4. The van der Waals surface area contributed by atoms with Crippen LogP contribution in [0.4, 0.5) is 0 Å². The Morgan fingerprint density at radius 1 is 1.06 bits per heavy atom. The van der Waals surface area contributed by atoms with Crippen molar-refractivity contribution in [1.29, 1.82) is 0 Å². The molecule has 2 saturated carbocycles. The van der Waals surface area contributed by atoms with Crippen molar-refractivity contribution >= 4 is 0 Å². The van der Waals surface area contributed by atoms with Crippen molar-refractivity contribution < 1.29 is 0 Å². The molecule has 2 fully saturated rings. The lowest BCUT2D eigenvalue weighted by atomic mass is 9.67. The molecule has 0 aromatic rings. The zero-order valence-corrected chi connectivity index (χ0v) is 11.2. The smallest absolute Gasteiger partial charge is 0.00925 e. The summed E-state index contributed by atoms with van der Waals surface area (Å²) in [6, 6.07) is 0.795. The Bertz CT molecular complexity index is 195. The van der Waals surface area contributed by atoms with Crippen LogP contribution in [0.5, 0.6) is 0 Å². The van der Waals surface area contributed by atoms with Gasteiger partial charge in [-0.15, -0.1) is 0 Å². The second-order valence-electron chi connectivity index (χ2n) is 6.12. The van der Waals surface area contributed by atoms with Crippen LogP contribution in [0.3, 0.4) is 0 Å².